The number of amides is 1. The van der Waals surface area contributed by atoms with E-state index in [4.69, 9.17) is 0 Å². The zero-order valence-corrected chi connectivity index (χ0v) is 11.5. The SMILES string of the molecule is Cc1c(CNC(=O)Cn2ccc(C(F)(F)F)n2)cnn1C. The second kappa shape index (κ2) is 5.58. The first kappa shape index (κ1) is 15.1. The summed E-state index contributed by atoms with van der Waals surface area (Å²) in [5.74, 6) is -0.421. The van der Waals surface area contributed by atoms with Crippen molar-refractivity contribution in [2.24, 2.45) is 7.05 Å². The number of halogens is 3. The summed E-state index contributed by atoms with van der Waals surface area (Å²) in [6, 6.07) is 0.832. The van der Waals surface area contributed by atoms with Crippen molar-refractivity contribution in [3.63, 3.8) is 0 Å². The Morgan fingerprint density at radius 3 is 2.67 bits per heavy atom. The predicted molar refractivity (Wildman–Crippen MR) is 67.0 cm³/mol. The maximum absolute atomic E-state index is 12.4. The molecule has 0 spiro atoms. The molecule has 2 heterocycles. The number of rotatable bonds is 4. The minimum atomic E-state index is -4.51. The zero-order chi connectivity index (χ0) is 15.6. The number of hydrogen-bond acceptors (Lipinski definition) is 3. The van der Waals surface area contributed by atoms with Gasteiger partial charge in [-0.2, -0.15) is 23.4 Å². The van der Waals surface area contributed by atoms with Crippen LogP contribution >= 0.6 is 0 Å². The van der Waals surface area contributed by atoms with Crippen molar-refractivity contribution in [1.82, 2.24) is 24.9 Å². The second-order valence-electron chi connectivity index (χ2n) is 4.55. The molecule has 2 aromatic rings. The molecule has 0 unspecified atom stereocenters. The summed E-state index contributed by atoms with van der Waals surface area (Å²) in [6.45, 7) is 1.86. The minimum absolute atomic E-state index is 0.268. The van der Waals surface area contributed by atoms with E-state index >= 15 is 0 Å². The summed E-state index contributed by atoms with van der Waals surface area (Å²) >= 11 is 0. The number of nitrogens with zero attached hydrogens (tertiary/aromatic N) is 4. The fourth-order valence-electron chi connectivity index (χ4n) is 1.72. The van der Waals surface area contributed by atoms with Crippen molar-refractivity contribution in [2.75, 3.05) is 0 Å². The summed E-state index contributed by atoms with van der Waals surface area (Å²) in [6.07, 6.45) is -1.75. The van der Waals surface area contributed by atoms with Crippen LogP contribution in [0.1, 0.15) is 17.0 Å². The second-order valence-corrected chi connectivity index (χ2v) is 4.55. The molecule has 0 fully saturated rings. The van der Waals surface area contributed by atoms with E-state index in [9.17, 15) is 18.0 Å². The predicted octanol–water partition coefficient (Wildman–Crippen LogP) is 1.26. The van der Waals surface area contributed by atoms with E-state index in [1.54, 1.807) is 17.9 Å². The molecule has 1 N–H and O–H groups in total. The molecule has 21 heavy (non-hydrogen) atoms. The normalized spacial score (nSPS) is 11.7. The molecule has 0 saturated heterocycles. The molecular formula is C12H14F3N5O. The van der Waals surface area contributed by atoms with Crippen LogP contribution in [0.2, 0.25) is 0 Å². The Morgan fingerprint density at radius 1 is 1.43 bits per heavy atom. The molecule has 0 atom stereocenters. The van der Waals surface area contributed by atoms with Crippen LogP contribution in [0.15, 0.2) is 18.5 Å². The lowest BCUT2D eigenvalue weighted by Gasteiger charge is -2.05. The van der Waals surface area contributed by atoms with Crippen molar-refractivity contribution in [3.05, 3.63) is 35.4 Å². The van der Waals surface area contributed by atoms with Gasteiger partial charge in [0.05, 0.1) is 6.20 Å². The van der Waals surface area contributed by atoms with Gasteiger partial charge in [-0.25, -0.2) is 0 Å². The molecule has 0 bridgehead atoms. The molecule has 6 nitrogen and oxygen atoms in total. The molecule has 0 aromatic carbocycles. The van der Waals surface area contributed by atoms with Gasteiger partial charge in [0.15, 0.2) is 5.69 Å². The van der Waals surface area contributed by atoms with E-state index in [2.05, 4.69) is 15.5 Å². The Bertz CT molecular complexity index is 644. The summed E-state index contributed by atoms with van der Waals surface area (Å²) in [5, 5.41) is 9.96. The third-order valence-electron chi connectivity index (χ3n) is 3.05. The Kier molecular flexibility index (Phi) is 4.01. The van der Waals surface area contributed by atoms with Crippen LogP contribution in [0.25, 0.3) is 0 Å². The van der Waals surface area contributed by atoms with E-state index < -0.39 is 17.8 Å². The Balaban J connectivity index is 1.90. The van der Waals surface area contributed by atoms with Gasteiger partial charge in [-0.15, -0.1) is 0 Å². The standard InChI is InChI=1S/C12H14F3N5O/c1-8-9(6-17-19(8)2)5-16-11(21)7-20-4-3-10(18-20)12(13,14)15/h3-4,6H,5,7H2,1-2H3,(H,16,21). The van der Waals surface area contributed by atoms with Crippen LogP contribution in [0.4, 0.5) is 13.2 Å². The van der Waals surface area contributed by atoms with Crippen LogP contribution in [0.3, 0.4) is 0 Å². The highest BCUT2D eigenvalue weighted by atomic mass is 19.4. The number of aromatic nitrogens is 4. The van der Waals surface area contributed by atoms with Gasteiger partial charge < -0.3 is 5.32 Å². The van der Waals surface area contributed by atoms with Gasteiger partial charge in [-0.1, -0.05) is 0 Å². The lowest BCUT2D eigenvalue weighted by atomic mass is 10.2. The maximum atomic E-state index is 12.4. The van der Waals surface area contributed by atoms with Crippen LogP contribution < -0.4 is 5.32 Å². The van der Waals surface area contributed by atoms with E-state index in [-0.39, 0.29) is 13.1 Å². The number of nitrogens with one attached hydrogen (secondary N) is 1. The average molecular weight is 301 g/mol. The van der Waals surface area contributed by atoms with Gasteiger partial charge in [-0.05, 0) is 13.0 Å². The molecule has 0 aliphatic heterocycles. The Hall–Kier alpha value is -2.32. The first-order valence-electron chi connectivity index (χ1n) is 6.12. The topological polar surface area (TPSA) is 64.7 Å². The van der Waals surface area contributed by atoms with E-state index in [1.807, 2.05) is 6.92 Å². The number of carbonyl (C=O) groups is 1. The highest BCUT2D eigenvalue weighted by molar-refractivity contribution is 5.75. The van der Waals surface area contributed by atoms with Gasteiger partial charge in [0.25, 0.3) is 0 Å². The summed E-state index contributed by atoms with van der Waals surface area (Å²) in [4.78, 5) is 11.7. The lowest BCUT2D eigenvalue weighted by molar-refractivity contribution is -0.141. The number of hydrogen-bond donors (Lipinski definition) is 1. The molecule has 9 heteroatoms. The van der Waals surface area contributed by atoms with Gasteiger partial charge in [0.2, 0.25) is 5.91 Å². The first-order valence-corrected chi connectivity index (χ1v) is 6.12. The van der Waals surface area contributed by atoms with Crippen LogP contribution in [0.5, 0.6) is 0 Å². The summed E-state index contributed by atoms with van der Waals surface area (Å²) in [7, 11) is 1.78. The number of carbonyl (C=O) groups excluding carboxylic acids is 1. The number of aryl methyl sites for hydroxylation is 1. The fourth-order valence-corrected chi connectivity index (χ4v) is 1.72. The monoisotopic (exact) mass is 301 g/mol. The van der Waals surface area contributed by atoms with E-state index in [0.717, 1.165) is 28.2 Å². The van der Waals surface area contributed by atoms with Crippen LogP contribution in [0, 0.1) is 6.92 Å². The summed E-state index contributed by atoms with van der Waals surface area (Å²) in [5.41, 5.74) is 0.745. The molecule has 1 amide bonds. The van der Waals surface area contributed by atoms with E-state index in [0.29, 0.717) is 0 Å². The van der Waals surface area contributed by atoms with Gasteiger partial charge in [-0.3, -0.25) is 14.2 Å². The maximum Gasteiger partial charge on any atom is 0.435 e. The molecule has 2 rings (SSSR count). The highest BCUT2D eigenvalue weighted by Gasteiger charge is 2.33. The molecule has 0 radical (unpaired) electrons. The Labute approximate surface area is 118 Å². The molecule has 2 aromatic heterocycles. The van der Waals surface area contributed by atoms with Crippen LogP contribution in [-0.4, -0.2) is 25.5 Å². The minimum Gasteiger partial charge on any atom is -0.350 e. The Morgan fingerprint density at radius 2 is 2.14 bits per heavy atom. The van der Waals surface area contributed by atoms with E-state index in [1.165, 1.54) is 0 Å². The van der Waals surface area contributed by atoms with Gasteiger partial charge >= 0.3 is 6.18 Å². The third kappa shape index (κ3) is 3.61. The highest BCUT2D eigenvalue weighted by Crippen LogP contribution is 2.27. The molecule has 0 saturated carbocycles. The van der Waals surface area contributed by atoms with Crippen LogP contribution in [-0.2, 0) is 31.1 Å². The molecular weight excluding hydrogens is 287 g/mol. The van der Waals surface area contributed by atoms with Crippen molar-refractivity contribution in [1.29, 1.82) is 0 Å². The third-order valence-corrected chi connectivity index (χ3v) is 3.05. The average Bonchev–Trinajstić information content (AvgIpc) is 2.96. The van der Waals surface area contributed by atoms with Gasteiger partial charge in [0, 0.05) is 31.0 Å². The first-order chi connectivity index (χ1) is 9.77. The largest absolute Gasteiger partial charge is 0.435 e. The number of alkyl halides is 3. The quantitative estimate of drug-likeness (QED) is 0.924. The van der Waals surface area contributed by atoms with Crippen molar-refractivity contribution < 1.29 is 18.0 Å². The fraction of sp³-hybridized carbons (Fsp3) is 0.417. The summed E-state index contributed by atoms with van der Waals surface area (Å²) < 4.78 is 39.7. The zero-order valence-electron chi connectivity index (χ0n) is 11.5. The lowest BCUT2D eigenvalue weighted by Crippen LogP contribution is -2.27. The molecule has 114 valence electrons. The van der Waals surface area contributed by atoms with Crippen molar-refractivity contribution in [3.8, 4) is 0 Å². The smallest absolute Gasteiger partial charge is 0.350 e. The van der Waals surface area contributed by atoms with Crippen molar-refractivity contribution >= 4 is 5.91 Å². The molecule has 0 aliphatic carbocycles. The van der Waals surface area contributed by atoms with Crippen molar-refractivity contribution in [2.45, 2.75) is 26.2 Å². The molecule has 0 aliphatic rings. The van der Waals surface area contributed by atoms with Gasteiger partial charge in [0.1, 0.15) is 6.54 Å².